The molecular weight excluding hydrogens is 404 g/mol. The number of hydrogen-bond acceptors (Lipinski definition) is 3. The first-order chi connectivity index (χ1) is 12.6. The number of nitrogens with one attached hydrogen (secondary N) is 1. The summed E-state index contributed by atoms with van der Waals surface area (Å²) in [5, 5.41) is 11.8. The van der Waals surface area contributed by atoms with Crippen molar-refractivity contribution in [2.75, 3.05) is 6.67 Å². The van der Waals surface area contributed by atoms with Crippen molar-refractivity contribution in [2.24, 2.45) is 0 Å². The van der Waals surface area contributed by atoms with Gasteiger partial charge in [0, 0.05) is 0 Å². The van der Waals surface area contributed by atoms with Crippen LogP contribution in [0.25, 0.3) is 0 Å². The number of halogens is 1. The summed E-state index contributed by atoms with van der Waals surface area (Å²) in [6.45, 7) is -0.781. The normalized spacial score (nSPS) is 12.8. The fourth-order valence-corrected chi connectivity index (χ4v) is 4.46. The van der Waals surface area contributed by atoms with Crippen molar-refractivity contribution in [3.8, 4) is 0 Å². The van der Waals surface area contributed by atoms with Gasteiger partial charge in [-0.3, -0.25) is 0 Å². The molecule has 0 aromatic heterocycles. The molecule has 2 N–H and O–H groups in total. The first-order valence-electron chi connectivity index (χ1n) is 8.06. The van der Waals surface area contributed by atoms with E-state index >= 15 is 0 Å². The molecule has 0 heterocycles. The van der Waals surface area contributed by atoms with Crippen molar-refractivity contribution in [3.63, 3.8) is 0 Å². The summed E-state index contributed by atoms with van der Waals surface area (Å²) in [6, 6.07) is 17.4. The number of carboxylic acids is 1. The first-order valence-corrected chi connectivity index (χ1v) is 9.90. The molecule has 0 aliphatic carbocycles. The molecule has 0 saturated heterocycles. The van der Waals surface area contributed by atoms with Gasteiger partial charge in [-0.05, 0) is 0 Å². The molecule has 0 saturated carbocycles. The molecule has 0 aliphatic rings. The molecule has 2 atom stereocenters. The van der Waals surface area contributed by atoms with E-state index in [1.807, 2.05) is 60.7 Å². The number of alkyl carbamates (subject to hydrolysis) is 1. The summed E-state index contributed by atoms with van der Waals surface area (Å²) in [5.74, 6) is -0.994. The van der Waals surface area contributed by atoms with Gasteiger partial charge in [0.15, 0.2) is 0 Å². The van der Waals surface area contributed by atoms with Gasteiger partial charge in [-0.15, -0.1) is 0 Å². The van der Waals surface area contributed by atoms with Crippen molar-refractivity contribution in [1.82, 2.24) is 5.32 Å². The average molecular weight is 424 g/mol. The molecule has 2 aromatic carbocycles. The number of carboxylic acid groups (broad SMARTS) is 1. The van der Waals surface area contributed by atoms with Crippen LogP contribution in [-0.4, -0.2) is 44.8 Å². The Balaban J connectivity index is 1.87. The molecule has 5 nitrogen and oxygen atoms in total. The van der Waals surface area contributed by atoms with Crippen molar-refractivity contribution in [2.45, 2.75) is 23.9 Å². The van der Waals surface area contributed by atoms with Crippen LogP contribution in [0.2, 0.25) is 4.82 Å². The predicted molar refractivity (Wildman–Crippen MR) is 97.4 cm³/mol. The van der Waals surface area contributed by atoms with E-state index in [9.17, 15) is 19.1 Å². The number of amides is 1. The van der Waals surface area contributed by atoms with Gasteiger partial charge in [0.05, 0.1) is 0 Å². The Bertz CT molecular complexity index is 699. The second kappa shape index (κ2) is 10.6. The Labute approximate surface area is 157 Å². The maximum absolute atomic E-state index is 13.3. The van der Waals surface area contributed by atoms with E-state index in [1.54, 1.807) is 0 Å². The molecule has 138 valence electrons. The van der Waals surface area contributed by atoms with Crippen molar-refractivity contribution < 1.29 is 23.8 Å². The molecule has 0 bridgehead atoms. The number of benzene rings is 2. The summed E-state index contributed by atoms with van der Waals surface area (Å²) >= 11 is -0.365. The zero-order valence-electron chi connectivity index (χ0n) is 14.0. The van der Waals surface area contributed by atoms with Crippen molar-refractivity contribution in [1.29, 1.82) is 0 Å². The van der Waals surface area contributed by atoms with Gasteiger partial charge in [-0.25, -0.2) is 0 Å². The van der Waals surface area contributed by atoms with Gasteiger partial charge in [0.25, 0.3) is 0 Å². The van der Waals surface area contributed by atoms with Gasteiger partial charge in [-0.1, -0.05) is 0 Å². The first kappa shape index (κ1) is 19.9. The van der Waals surface area contributed by atoms with Gasteiger partial charge >= 0.3 is 157 Å². The van der Waals surface area contributed by atoms with Crippen LogP contribution >= 0.6 is 0 Å². The number of carbonyl (C=O) groups excluding carboxylic acids is 1. The SMILES string of the molecule is O=C(NC(CF)CC([Se]c1ccccc1)C(=O)O)OCc1ccccc1. The van der Waals surface area contributed by atoms with E-state index in [0.717, 1.165) is 10.0 Å². The van der Waals surface area contributed by atoms with Crippen LogP contribution in [-0.2, 0) is 16.1 Å². The molecule has 2 aromatic rings. The number of ether oxygens (including phenoxy) is 1. The fraction of sp³-hybridized carbons (Fsp3) is 0.263. The number of aliphatic carboxylic acids is 1. The van der Waals surface area contributed by atoms with E-state index < -0.39 is 29.6 Å². The topological polar surface area (TPSA) is 75.6 Å². The molecule has 1 amide bonds. The summed E-state index contributed by atoms with van der Waals surface area (Å²) in [4.78, 5) is 22.6. The Morgan fingerprint density at radius 1 is 1.08 bits per heavy atom. The van der Waals surface area contributed by atoms with Gasteiger partial charge < -0.3 is 0 Å². The Morgan fingerprint density at radius 2 is 1.69 bits per heavy atom. The molecular formula is C19H20FNO4Se. The molecule has 0 spiro atoms. The van der Waals surface area contributed by atoms with E-state index in [1.165, 1.54) is 0 Å². The Kier molecular flexibility index (Phi) is 8.12. The third-order valence-electron chi connectivity index (χ3n) is 3.52. The second-order valence-electron chi connectivity index (χ2n) is 5.55. The molecule has 26 heavy (non-hydrogen) atoms. The third kappa shape index (κ3) is 6.86. The Hall–Kier alpha value is -2.37. The summed E-state index contributed by atoms with van der Waals surface area (Å²) in [6.07, 6.45) is -0.742. The number of hydrogen-bond donors (Lipinski definition) is 2. The minimum absolute atomic E-state index is 0.0150. The van der Waals surface area contributed by atoms with Crippen LogP contribution in [0.15, 0.2) is 60.7 Å². The molecule has 0 aliphatic heterocycles. The number of rotatable bonds is 9. The van der Waals surface area contributed by atoms with Crippen LogP contribution in [0.1, 0.15) is 12.0 Å². The van der Waals surface area contributed by atoms with Crippen LogP contribution in [0.4, 0.5) is 9.18 Å². The fourth-order valence-electron chi connectivity index (χ4n) is 2.21. The molecule has 2 rings (SSSR count). The van der Waals surface area contributed by atoms with Crippen molar-refractivity contribution in [3.05, 3.63) is 66.2 Å². The second-order valence-corrected chi connectivity index (χ2v) is 8.23. The molecule has 0 fully saturated rings. The van der Waals surface area contributed by atoms with Crippen LogP contribution in [0, 0.1) is 0 Å². The minimum atomic E-state index is -0.994. The monoisotopic (exact) mass is 425 g/mol. The summed E-state index contributed by atoms with van der Waals surface area (Å²) < 4.78 is 19.3. The van der Waals surface area contributed by atoms with E-state index in [4.69, 9.17) is 4.74 Å². The van der Waals surface area contributed by atoms with Gasteiger partial charge in [0.1, 0.15) is 0 Å². The Morgan fingerprint density at radius 3 is 2.27 bits per heavy atom. The predicted octanol–water partition coefficient (Wildman–Crippen LogP) is 2.54. The third-order valence-corrected chi connectivity index (χ3v) is 6.08. The maximum atomic E-state index is 13.3. The van der Waals surface area contributed by atoms with Gasteiger partial charge in [-0.2, -0.15) is 0 Å². The molecule has 0 radical (unpaired) electrons. The van der Waals surface area contributed by atoms with E-state index in [2.05, 4.69) is 5.32 Å². The molecule has 2 unspecified atom stereocenters. The quantitative estimate of drug-likeness (QED) is 0.607. The van der Waals surface area contributed by atoms with Crippen LogP contribution in [0.5, 0.6) is 0 Å². The van der Waals surface area contributed by atoms with Crippen molar-refractivity contribution >= 4 is 31.5 Å². The summed E-state index contributed by atoms with van der Waals surface area (Å²) in [7, 11) is 0. The average Bonchev–Trinajstić information content (AvgIpc) is 2.66. The van der Waals surface area contributed by atoms with E-state index in [0.29, 0.717) is 0 Å². The molecule has 7 heteroatoms. The van der Waals surface area contributed by atoms with Crippen LogP contribution < -0.4 is 9.78 Å². The zero-order valence-corrected chi connectivity index (χ0v) is 15.7. The zero-order chi connectivity index (χ0) is 18.8. The number of carbonyl (C=O) groups is 2. The standard InChI is InChI=1S/C19H20FNO4Se/c20-12-15(21-19(24)25-13-14-7-3-1-4-8-14)11-17(18(22)23)26-16-9-5-2-6-10-16/h1-10,15,17H,11-13H2,(H,21,24)(H,22,23). The van der Waals surface area contributed by atoms with Crippen LogP contribution in [0.3, 0.4) is 0 Å². The van der Waals surface area contributed by atoms with E-state index in [-0.39, 0.29) is 28.0 Å². The summed E-state index contributed by atoms with van der Waals surface area (Å²) in [5.41, 5.74) is 0.815. The van der Waals surface area contributed by atoms with Gasteiger partial charge in [0.2, 0.25) is 0 Å². The number of alkyl halides is 1.